The summed E-state index contributed by atoms with van der Waals surface area (Å²) in [6.07, 6.45) is 6.96. The Kier molecular flexibility index (Phi) is 6.21. The Morgan fingerprint density at radius 3 is 2.86 bits per heavy atom. The summed E-state index contributed by atoms with van der Waals surface area (Å²) in [5.74, 6) is -0.0460. The van der Waals surface area contributed by atoms with Crippen LogP contribution in [0.1, 0.15) is 51.0 Å². The van der Waals surface area contributed by atoms with Gasteiger partial charge in [-0.25, -0.2) is 0 Å². The van der Waals surface area contributed by atoms with Crippen LogP contribution in [0.3, 0.4) is 0 Å². The van der Waals surface area contributed by atoms with Crippen molar-refractivity contribution in [2.24, 2.45) is 5.73 Å². The van der Waals surface area contributed by atoms with E-state index in [1.807, 2.05) is 31.2 Å². The largest absolute Gasteiger partial charge is 0.374 e. The van der Waals surface area contributed by atoms with Crippen molar-refractivity contribution in [1.82, 2.24) is 0 Å². The van der Waals surface area contributed by atoms with Crippen LogP contribution in [0.15, 0.2) is 24.3 Å². The van der Waals surface area contributed by atoms with E-state index in [-0.39, 0.29) is 11.9 Å². The number of hydrogen-bond donors (Lipinski definition) is 2. The number of carbonyl (C=O) groups is 1. The number of anilines is 1. The third-order valence-electron chi connectivity index (χ3n) is 3.76. The first kappa shape index (κ1) is 16.0. The van der Waals surface area contributed by atoms with Crippen LogP contribution < -0.4 is 11.1 Å². The summed E-state index contributed by atoms with van der Waals surface area (Å²) in [5, 5.41) is 2.88. The van der Waals surface area contributed by atoms with Crippen LogP contribution in [0.5, 0.6) is 0 Å². The molecule has 0 saturated heterocycles. The van der Waals surface area contributed by atoms with Crippen LogP contribution in [-0.4, -0.2) is 18.1 Å². The van der Waals surface area contributed by atoms with Gasteiger partial charge in [0.15, 0.2) is 0 Å². The molecule has 1 amide bonds. The maximum atomic E-state index is 11.7. The fraction of sp³-hybridized carbons (Fsp3) is 0.588. The molecule has 1 saturated carbocycles. The van der Waals surface area contributed by atoms with Gasteiger partial charge in [0.25, 0.3) is 0 Å². The molecule has 2 rings (SSSR count). The van der Waals surface area contributed by atoms with Crippen LogP contribution in [-0.2, 0) is 16.1 Å². The maximum Gasteiger partial charge on any atom is 0.225 e. The molecule has 116 valence electrons. The minimum absolute atomic E-state index is 0.0460. The van der Waals surface area contributed by atoms with Crippen molar-refractivity contribution < 1.29 is 9.53 Å². The summed E-state index contributed by atoms with van der Waals surface area (Å²) < 4.78 is 5.96. The Labute approximate surface area is 127 Å². The lowest BCUT2D eigenvalue weighted by Gasteiger charge is -2.22. The van der Waals surface area contributed by atoms with Crippen LogP contribution in [0.4, 0.5) is 5.69 Å². The second-order valence-corrected chi connectivity index (χ2v) is 6.00. The molecule has 0 aromatic heterocycles. The number of hydrogen-bond acceptors (Lipinski definition) is 3. The van der Waals surface area contributed by atoms with Gasteiger partial charge in [0.05, 0.1) is 12.7 Å². The molecule has 1 aliphatic rings. The van der Waals surface area contributed by atoms with Crippen molar-refractivity contribution in [2.45, 2.75) is 64.2 Å². The van der Waals surface area contributed by atoms with Gasteiger partial charge in [-0.2, -0.15) is 0 Å². The van der Waals surface area contributed by atoms with E-state index in [4.69, 9.17) is 10.5 Å². The highest BCUT2D eigenvalue weighted by molar-refractivity contribution is 5.91. The van der Waals surface area contributed by atoms with E-state index in [2.05, 4.69) is 5.32 Å². The lowest BCUT2D eigenvalue weighted by atomic mass is 9.98. The average Bonchev–Trinajstić information content (AvgIpc) is 2.46. The molecule has 4 heteroatoms. The first-order chi connectivity index (χ1) is 10.1. The highest BCUT2D eigenvalue weighted by Gasteiger charge is 2.13. The number of nitrogens with two attached hydrogens (primary N) is 1. The van der Waals surface area contributed by atoms with Crippen LogP contribution in [0.25, 0.3) is 0 Å². The monoisotopic (exact) mass is 290 g/mol. The fourth-order valence-corrected chi connectivity index (χ4v) is 2.69. The highest BCUT2D eigenvalue weighted by atomic mass is 16.5. The van der Waals surface area contributed by atoms with Crippen LogP contribution in [0.2, 0.25) is 0 Å². The van der Waals surface area contributed by atoms with E-state index in [0.717, 1.165) is 11.3 Å². The minimum Gasteiger partial charge on any atom is -0.374 e. The summed E-state index contributed by atoms with van der Waals surface area (Å²) in [7, 11) is 0. The molecule has 1 unspecified atom stereocenters. The van der Waals surface area contributed by atoms with E-state index in [1.165, 1.54) is 32.1 Å². The van der Waals surface area contributed by atoms with Gasteiger partial charge < -0.3 is 15.8 Å². The normalized spacial score (nSPS) is 17.4. The lowest BCUT2D eigenvalue weighted by Crippen LogP contribution is -2.24. The predicted molar refractivity (Wildman–Crippen MR) is 85.0 cm³/mol. The van der Waals surface area contributed by atoms with E-state index < -0.39 is 0 Å². The molecule has 0 heterocycles. The highest BCUT2D eigenvalue weighted by Crippen LogP contribution is 2.22. The molecular weight excluding hydrogens is 264 g/mol. The third-order valence-corrected chi connectivity index (χ3v) is 3.76. The predicted octanol–water partition coefficient (Wildman–Crippen LogP) is 3.21. The van der Waals surface area contributed by atoms with Gasteiger partial charge in [-0.15, -0.1) is 0 Å². The molecule has 21 heavy (non-hydrogen) atoms. The van der Waals surface area contributed by atoms with Crippen LogP contribution >= 0.6 is 0 Å². The van der Waals surface area contributed by atoms with E-state index >= 15 is 0 Å². The summed E-state index contributed by atoms with van der Waals surface area (Å²) in [4.78, 5) is 11.7. The molecule has 0 spiro atoms. The number of rotatable bonds is 6. The Bertz CT molecular complexity index is 454. The molecule has 4 nitrogen and oxygen atoms in total. The summed E-state index contributed by atoms with van der Waals surface area (Å²) in [6.45, 7) is 2.44. The number of benzene rings is 1. The average molecular weight is 290 g/mol. The van der Waals surface area contributed by atoms with E-state index in [9.17, 15) is 4.79 Å². The third kappa shape index (κ3) is 5.86. The first-order valence-corrected chi connectivity index (χ1v) is 7.89. The Balaban J connectivity index is 1.83. The van der Waals surface area contributed by atoms with Crippen molar-refractivity contribution in [1.29, 1.82) is 0 Å². The van der Waals surface area contributed by atoms with Gasteiger partial charge in [-0.3, -0.25) is 4.79 Å². The Morgan fingerprint density at radius 1 is 1.38 bits per heavy atom. The molecule has 1 atom stereocenters. The minimum atomic E-state index is -0.122. The second-order valence-electron chi connectivity index (χ2n) is 6.00. The Morgan fingerprint density at radius 2 is 2.14 bits per heavy atom. The maximum absolute atomic E-state index is 11.7. The molecular formula is C17H26N2O2. The van der Waals surface area contributed by atoms with Crippen molar-refractivity contribution in [3.05, 3.63) is 29.8 Å². The Hall–Kier alpha value is -1.39. The van der Waals surface area contributed by atoms with Gasteiger partial charge >= 0.3 is 0 Å². The zero-order valence-electron chi connectivity index (χ0n) is 12.8. The van der Waals surface area contributed by atoms with Crippen molar-refractivity contribution >= 4 is 11.6 Å². The van der Waals surface area contributed by atoms with Crippen molar-refractivity contribution in [2.75, 3.05) is 5.32 Å². The standard InChI is InChI=1S/C17H26N2O2/c1-13(18)10-17(20)19-15-7-5-6-14(11-15)12-21-16-8-3-2-4-9-16/h5-7,11,13,16H,2-4,8-10,12,18H2,1H3,(H,19,20). The number of carbonyl (C=O) groups excluding carboxylic acids is 1. The molecule has 1 aromatic rings. The zero-order valence-corrected chi connectivity index (χ0v) is 12.8. The van der Waals surface area contributed by atoms with E-state index in [0.29, 0.717) is 19.1 Å². The molecule has 1 aromatic carbocycles. The fourth-order valence-electron chi connectivity index (χ4n) is 2.69. The molecule has 1 aliphatic carbocycles. The first-order valence-electron chi connectivity index (χ1n) is 7.89. The number of ether oxygens (including phenoxy) is 1. The summed E-state index contributed by atoms with van der Waals surface area (Å²) in [6, 6.07) is 7.72. The topological polar surface area (TPSA) is 64.4 Å². The molecule has 0 radical (unpaired) electrons. The lowest BCUT2D eigenvalue weighted by molar-refractivity contribution is -0.116. The smallest absolute Gasteiger partial charge is 0.225 e. The zero-order chi connectivity index (χ0) is 15.1. The molecule has 0 aliphatic heterocycles. The van der Waals surface area contributed by atoms with E-state index in [1.54, 1.807) is 0 Å². The molecule has 3 N–H and O–H groups in total. The quantitative estimate of drug-likeness (QED) is 0.845. The second kappa shape index (κ2) is 8.15. The van der Waals surface area contributed by atoms with Gasteiger partial charge in [-0.05, 0) is 37.5 Å². The summed E-state index contributed by atoms with van der Waals surface area (Å²) in [5.41, 5.74) is 7.53. The summed E-state index contributed by atoms with van der Waals surface area (Å²) >= 11 is 0. The van der Waals surface area contributed by atoms with Gasteiger partial charge in [0, 0.05) is 18.2 Å². The molecule has 1 fully saturated rings. The SMILES string of the molecule is CC(N)CC(=O)Nc1cccc(COC2CCCCC2)c1. The van der Waals surface area contributed by atoms with Gasteiger partial charge in [0.2, 0.25) is 5.91 Å². The van der Waals surface area contributed by atoms with Crippen LogP contribution in [0, 0.1) is 0 Å². The number of nitrogens with one attached hydrogen (secondary N) is 1. The van der Waals surface area contributed by atoms with Gasteiger partial charge in [0.1, 0.15) is 0 Å². The van der Waals surface area contributed by atoms with Gasteiger partial charge in [-0.1, -0.05) is 31.4 Å². The van der Waals surface area contributed by atoms with Crippen molar-refractivity contribution in [3.63, 3.8) is 0 Å². The molecule has 0 bridgehead atoms. The number of amides is 1. The van der Waals surface area contributed by atoms with Crippen molar-refractivity contribution in [3.8, 4) is 0 Å².